The normalized spacial score (nSPS) is 16.2. The second-order valence-corrected chi connectivity index (χ2v) is 10.1. The Morgan fingerprint density at radius 3 is 2.81 bits per heavy atom. The van der Waals surface area contributed by atoms with Gasteiger partial charge in [0.1, 0.15) is 5.75 Å². The maximum atomic E-state index is 13.3. The van der Waals surface area contributed by atoms with E-state index in [1.165, 1.54) is 34.8 Å². The lowest BCUT2D eigenvalue weighted by molar-refractivity contribution is 0.0966. The molecule has 8 heteroatoms. The maximum Gasteiger partial charge on any atom is 0.321 e. The van der Waals surface area contributed by atoms with Crippen molar-refractivity contribution >= 4 is 27.7 Å². The average Bonchev–Trinajstić information content (AvgIpc) is 3.38. The predicted molar refractivity (Wildman–Crippen MR) is 135 cm³/mol. The fourth-order valence-electron chi connectivity index (χ4n) is 6.15. The highest BCUT2D eigenvalue weighted by Gasteiger charge is 2.36. The van der Waals surface area contributed by atoms with Crippen LogP contribution in [0.25, 0.3) is 32.9 Å². The van der Waals surface area contributed by atoms with Gasteiger partial charge in [0.2, 0.25) is 0 Å². The maximum absolute atomic E-state index is 13.3. The first-order valence-corrected chi connectivity index (χ1v) is 12.6. The molecule has 4 heterocycles. The molecule has 8 rings (SSSR count). The third-order valence-electron chi connectivity index (χ3n) is 7.80. The molecule has 36 heavy (non-hydrogen) atoms. The summed E-state index contributed by atoms with van der Waals surface area (Å²) >= 11 is 0. The van der Waals surface area contributed by atoms with Crippen molar-refractivity contribution in [2.45, 2.75) is 38.8 Å². The smallest absolute Gasteiger partial charge is 0.321 e. The van der Waals surface area contributed by atoms with Gasteiger partial charge in [0, 0.05) is 66.1 Å². The predicted octanol–water partition coefficient (Wildman–Crippen LogP) is 4.53. The number of aromatic nitrogens is 5. The van der Waals surface area contributed by atoms with Crippen LogP contribution in [0.1, 0.15) is 40.0 Å². The van der Waals surface area contributed by atoms with Crippen LogP contribution in [0.5, 0.6) is 11.8 Å². The van der Waals surface area contributed by atoms with Crippen molar-refractivity contribution < 1.29 is 9.53 Å². The van der Waals surface area contributed by atoms with Crippen molar-refractivity contribution in [1.29, 1.82) is 0 Å². The van der Waals surface area contributed by atoms with Gasteiger partial charge in [-0.2, -0.15) is 5.10 Å². The number of fused-ring (bicyclic) bond motifs is 10. The van der Waals surface area contributed by atoms with Crippen molar-refractivity contribution in [2.24, 2.45) is 13.0 Å². The standard InChI is InChI=1S/C28H24N6O2/c1-33-14-20-21(32-33)7-6-17-23(20)25-19(12-31-27(25)35)24-18-11-16(36-28-29-9-2-10-30-28)5-8-22(18)34(26(17)24)13-15-3-4-15/h2,5,8-11,14-15H,3-4,6-7,12-13H2,1H3,(H,31,35). The molecule has 0 unspecified atom stereocenters. The summed E-state index contributed by atoms with van der Waals surface area (Å²) in [4.78, 5) is 21.7. The number of hydrogen-bond acceptors (Lipinski definition) is 5. The van der Waals surface area contributed by atoms with Gasteiger partial charge in [-0.3, -0.25) is 9.48 Å². The number of hydrogen-bond donors (Lipinski definition) is 1. The SMILES string of the molecule is Cn1cc2c(n1)CCc1c-2c2c(c3c4cc(Oc5ncccn5)ccc4n(CC4CC4)c13)CNC2=O. The van der Waals surface area contributed by atoms with Gasteiger partial charge < -0.3 is 14.6 Å². The van der Waals surface area contributed by atoms with E-state index in [0.717, 1.165) is 52.7 Å². The van der Waals surface area contributed by atoms with E-state index >= 15 is 0 Å². The molecule has 0 atom stereocenters. The second kappa shape index (κ2) is 7.16. The number of aryl methyl sites for hydroxylation is 3. The third kappa shape index (κ3) is 2.81. The van der Waals surface area contributed by atoms with Crippen molar-refractivity contribution in [3.63, 3.8) is 0 Å². The van der Waals surface area contributed by atoms with E-state index in [4.69, 9.17) is 9.84 Å². The number of amides is 1. The van der Waals surface area contributed by atoms with Gasteiger partial charge >= 0.3 is 6.01 Å². The molecule has 8 nitrogen and oxygen atoms in total. The van der Waals surface area contributed by atoms with E-state index in [2.05, 4.69) is 38.2 Å². The van der Waals surface area contributed by atoms with Gasteiger partial charge in [-0.1, -0.05) is 0 Å². The molecule has 1 fully saturated rings. The van der Waals surface area contributed by atoms with Gasteiger partial charge in [0.05, 0.1) is 16.8 Å². The number of carbonyl (C=O) groups excluding carboxylic acids is 1. The van der Waals surface area contributed by atoms with Crippen LogP contribution in [0, 0.1) is 5.92 Å². The van der Waals surface area contributed by atoms with Gasteiger partial charge in [0.15, 0.2) is 0 Å². The van der Waals surface area contributed by atoms with E-state index in [1.807, 2.05) is 17.8 Å². The molecule has 1 aliphatic heterocycles. The Balaban J connectivity index is 1.46. The Labute approximate surface area is 206 Å². The van der Waals surface area contributed by atoms with Crippen LogP contribution in [0.2, 0.25) is 0 Å². The zero-order chi connectivity index (χ0) is 24.0. The Morgan fingerprint density at radius 1 is 1.11 bits per heavy atom. The molecule has 2 aliphatic carbocycles. The average molecular weight is 477 g/mol. The topological polar surface area (TPSA) is 86.9 Å². The highest BCUT2D eigenvalue weighted by Crippen LogP contribution is 2.48. The third-order valence-corrected chi connectivity index (χ3v) is 7.80. The summed E-state index contributed by atoms with van der Waals surface area (Å²) < 4.78 is 10.4. The molecule has 1 N–H and O–H groups in total. The quantitative estimate of drug-likeness (QED) is 0.412. The van der Waals surface area contributed by atoms with E-state index in [-0.39, 0.29) is 5.91 Å². The van der Waals surface area contributed by atoms with E-state index in [0.29, 0.717) is 24.2 Å². The Kier molecular flexibility index (Phi) is 3.99. The summed E-state index contributed by atoms with van der Waals surface area (Å²) in [5, 5.41) is 10.1. The minimum Gasteiger partial charge on any atom is -0.424 e. The fourth-order valence-corrected chi connectivity index (χ4v) is 6.15. The molecule has 0 bridgehead atoms. The number of nitrogens with zero attached hydrogens (tertiary/aromatic N) is 5. The largest absolute Gasteiger partial charge is 0.424 e. The van der Waals surface area contributed by atoms with Crippen molar-refractivity contribution in [3.8, 4) is 22.9 Å². The van der Waals surface area contributed by atoms with E-state index in [1.54, 1.807) is 18.5 Å². The molecular weight excluding hydrogens is 452 g/mol. The molecule has 0 spiro atoms. The van der Waals surface area contributed by atoms with Gasteiger partial charge in [-0.05, 0) is 67.0 Å². The summed E-state index contributed by atoms with van der Waals surface area (Å²) in [6, 6.07) is 8.33. The first kappa shape index (κ1) is 20.0. The summed E-state index contributed by atoms with van der Waals surface area (Å²) in [6.45, 7) is 1.53. The molecule has 3 aliphatic rings. The zero-order valence-corrected chi connectivity index (χ0v) is 19.9. The van der Waals surface area contributed by atoms with Crippen LogP contribution in [0.15, 0.2) is 42.9 Å². The molecule has 178 valence electrons. The number of rotatable bonds is 4. The van der Waals surface area contributed by atoms with E-state index in [9.17, 15) is 4.79 Å². The Bertz CT molecular complexity index is 1730. The van der Waals surface area contributed by atoms with Crippen LogP contribution in [-0.2, 0) is 33.0 Å². The second-order valence-electron chi connectivity index (χ2n) is 10.1. The van der Waals surface area contributed by atoms with Crippen molar-refractivity contribution in [2.75, 3.05) is 0 Å². The lowest BCUT2D eigenvalue weighted by atomic mass is 9.82. The Hall–Kier alpha value is -4.20. The first-order valence-electron chi connectivity index (χ1n) is 12.6. The number of benzene rings is 2. The number of carbonyl (C=O) groups is 1. The van der Waals surface area contributed by atoms with Gasteiger partial charge in [-0.15, -0.1) is 0 Å². The van der Waals surface area contributed by atoms with Crippen LogP contribution in [0.3, 0.4) is 0 Å². The van der Waals surface area contributed by atoms with Crippen LogP contribution < -0.4 is 10.1 Å². The first-order chi connectivity index (χ1) is 17.7. The van der Waals surface area contributed by atoms with Crippen LogP contribution in [-0.4, -0.2) is 30.2 Å². The molecular formula is C28H24N6O2. The van der Waals surface area contributed by atoms with Crippen LogP contribution in [0.4, 0.5) is 0 Å². The molecule has 5 aromatic rings. The molecule has 0 saturated heterocycles. The molecule has 1 amide bonds. The highest BCUT2D eigenvalue weighted by molar-refractivity contribution is 6.19. The molecule has 1 saturated carbocycles. The van der Waals surface area contributed by atoms with Crippen molar-refractivity contribution in [3.05, 3.63) is 65.2 Å². The fraction of sp³-hybridized carbons (Fsp3) is 0.286. The summed E-state index contributed by atoms with van der Waals surface area (Å²) in [5.41, 5.74) is 8.88. The zero-order valence-electron chi connectivity index (χ0n) is 19.9. The lowest BCUT2D eigenvalue weighted by Crippen LogP contribution is -2.15. The number of nitrogens with one attached hydrogen (secondary N) is 1. The molecule has 3 aromatic heterocycles. The lowest BCUT2D eigenvalue weighted by Gasteiger charge is -2.21. The van der Waals surface area contributed by atoms with Gasteiger partial charge in [-0.25, -0.2) is 9.97 Å². The van der Waals surface area contributed by atoms with Crippen molar-refractivity contribution in [1.82, 2.24) is 29.6 Å². The van der Waals surface area contributed by atoms with Gasteiger partial charge in [0.25, 0.3) is 5.91 Å². The molecule has 2 aromatic carbocycles. The summed E-state index contributed by atoms with van der Waals surface area (Å²) in [7, 11) is 1.96. The van der Waals surface area contributed by atoms with E-state index < -0.39 is 0 Å². The summed E-state index contributed by atoms with van der Waals surface area (Å²) in [5.74, 6) is 1.41. The number of ether oxygens (including phenoxy) is 1. The minimum absolute atomic E-state index is 0.00744. The Morgan fingerprint density at radius 2 is 1.97 bits per heavy atom. The highest BCUT2D eigenvalue weighted by atomic mass is 16.5. The molecule has 0 radical (unpaired) electrons. The monoisotopic (exact) mass is 476 g/mol. The summed E-state index contributed by atoms with van der Waals surface area (Å²) in [6.07, 6.45) is 9.71. The van der Waals surface area contributed by atoms with Crippen LogP contribution >= 0.6 is 0 Å². The minimum atomic E-state index is 0.00744.